The summed E-state index contributed by atoms with van der Waals surface area (Å²) in [6.45, 7) is 13.5. The van der Waals surface area contributed by atoms with Gasteiger partial charge >= 0.3 is 181 Å². The first kappa shape index (κ1) is 21.4. The van der Waals surface area contributed by atoms with E-state index in [1.807, 2.05) is 0 Å². The molecule has 0 N–H and O–H groups in total. The van der Waals surface area contributed by atoms with Crippen molar-refractivity contribution in [3.63, 3.8) is 0 Å². The first-order valence-corrected chi connectivity index (χ1v) is 17.5. The summed E-state index contributed by atoms with van der Waals surface area (Å²) in [5.41, 5.74) is 10.9. The molecule has 0 amide bonds. The van der Waals surface area contributed by atoms with Crippen LogP contribution in [0.3, 0.4) is 0 Å². The van der Waals surface area contributed by atoms with E-state index in [-0.39, 0.29) is 5.41 Å². The summed E-state index contributed by atoms with van der Waals surface area (Å²) in [5.74, 6) is 0. The number of allylic oxidation sites excluding steroid dienone is 1. The van der Waals surface area contributed by atoms with E-state index in [1.54, 1.807) is 0 Å². The number of halogens is 2. The van der Waals surface area contributed by atoms with Crippen molar-refractivity contribution in [2.24, 2.45) is 0 Å². The van der Waals surface area contributed by atoms with Gasteiger partial charge in [0.2, 0.25) is 0 Å². The third-order valence-corrected chi connectivity index (χ3v) is 10.7. The molecule has 0 fully saturated rings. The zero-order valence-electron chi connectivity index (χ0n) is 17.2. The fraction of sp³-hybridized carbons (Fsp3) is 0.417. The van der Waals surface area contributed by atoms with E-state index in [0.717, 1.165) is 12.8 Å². The molecule has 0 nitrogen and oxygen atoms in total. The van der Waals surface area contributed by atoms with Crippen LogP contribution < -0.4 is 0 Å². The Morgan fingerprint density at radius 2 is 1.63 bits per heavy atom. The molecule has 1 aliphatic rings. The van der Waals surface area contributed by atoms with Crippen molar-refractivity contribution in [1.82, 2.24) is 0 Å². The molecule has 1 aliphatic carbocycles. The van der Waals surface area contributed by atoms with Gasteiger partial charge < -0.3 is 0 Å². The van der Waals surface area contributed by atoms with Gasteiger partial charge in [0.1, 0.15) is 0 Å². The van der Waals surface area contributed by atoms with Crippen LogP contribution >= 0.6 is 17.0 Å². The molecule has 0 saturated heterocycles. The Morgan fingerprint density at radius 1 is 1.00 bits per heavy atom. The molecule has 27 heavy (non-hydrogen) atoms. The average molecular weight is 480 g/mol. The van der Waals surface area contributed by atoms with Crippen molar-refractivity contribution in [2.75, 3.05) is 0 Å². The van der Waals surface area contributed by atoms with Gasteiger partial charge in [0.15, 0.2) is 0 Å². The quantitative estimate of drug-likeness (QED) is 0.413. The Morgan fingerprint density at radius 3 is 2.15 bits per heavy atom. The van der Waals surface area contributed by atoms with E-state index >= 15 is 0 Å². The van der Waals surface area contributed by atoms with Gasteiger partial charge in [0, 0.05) is 0 Å². The molecule has 2 aromatic carbocycles. The molecule has 1 atom stereocenters. The first-order chi connectivity index (χ1) is 12.6. The number of fused-ring (bicyclic) bond motifs is 1. The zero-order valence-corrected chi connectivity index (χ0v) is 21.2. The Bertz CT molecular complexity index is 868. The molecule has 0 aromatic heterocycles. The van der Waals surface area contributed by atoms with E-state index in [0.29, 0.717) is 3.63 Å². The van der Waals surface area contributed by atoms with Crippen LogP contribution in [0.4, 0.5) is 0 Å². The van der Waals surface area contributed by atoms with Crippen LogP contribution in [0.5, 0.6) is 0 Å². The third-order valence-electron chi connectivity index (χ3n) is 5.37. The summed E-state index contributed by atoms with van der Waals surface area (Å²) >= 11 is -2.47. The van der Waals surface area contributed by atoms with Gasteiger partial charge in [-0.05, 0) is 0 Å². The monoisotopic (exact) mass is 477 g/mol. The molecule has 0 radical (unpaired) electrons. The Kier molecular flexibility index (Phi) is 6.47. The van der Waals surface area contributed by atoms with Crippen LogP contribution in [0.25, 0.3) is 17.2 Å². The molecule has 0 heterocycles. The number of hydrogen-bond acceptors (Lipinski definition) is 0. The number of rotatable bonds is 4. The molecule has 3 rings (SSSR count). The molecule has 0 bridgehead atoms. The normalized spacial score (nSPS) is 16.3. The Labute approximate surface area is 179 Å². The second kappa shape index (κ2) is 8.18. The van der Waals surface area contributed by atoms with Crippen LogP contribution in [0, 0.1) is 13.8 Å². The fourth-order valence-electron chi connectivity index (χ4n) is 4.33. The topological polar surface area (TPSA) is 0 Å². The van der Waals surface area contributed by atoms with Gasteiger partial charge in [-0.1, -0.05) is 0 Å². The molecule has 1 unspecified atom stereocenters. The van der Waals surface area contributed by atoms with Crippen LogP contribution in [-0.2, 0) is 24.8 Å². The van der Waals surface area contributed by atoms with Crippen molar-refractivity contribution in [3.05, 3.63) is 63.7 Å². The first-order valence-electron chi connectivity index (χ1n) is 9.77. The molecule has 0 aliphatic heterocycles. The molecule has 3 heteroatoms. The van der Waals surface area contributed by atoms with Crippen molar-refractivity contribution < 1.29 is 19.4 Å². The summed E-state index contributed by atoms with van der Waals surface area (Å²) in [7, 11) is 13.3. The SMILES string of the molecule is CCCC1=Cc2c(ccc(C(C)(C)C)c2-c2cc(C)cc(C)c2)[CH]1[Zr]([Cl])[Cl]. The molecule has 0 saturated carbocycles. The maximum absolute atomic E-state index is 6.64. The minimum atomic E-state index is -2.47. The van der Waals surface area contributed by atoms with Gasteiger partial charge in [0.25, 0.3) is 0 Å². The van der Waals surface area contributed by atoms with Crippen molar-refractivity contribution in [1.29, 1.82) is 0 Å². The average Bonchev–Trinajstić information content (AvgIpc) is 2.90. The summed E-state index contributed by atoms with van der Waals surface area (Å²) in [6, 6.07) is 11.5. The van der Waals surface area contributed by atoms with Crippen molar-refractivity contribution >= 4 is 23.1 Å². The molecule has 2 aromatic rings. The van der Waals surface area contributed by atoms with E-state index in [4.69, 9.17) is 17.0 Å². The number of hydrogen-bond donors (Lipinski definition) is 0. The number of benzene rings is 2. The summed E-state index contributed by atoms with van der Waals surface area (Å²) in [6.07, 6.45) is 4.63. The van der Waals surface area contributed by atoms with Gasteiger partial charge in [-0.15, -0.1) is 0 Å². The van der Waals surface area contributed by atoms with Gasteiger partial charge in [-0.3, -0.25) is 0 Å². The van der Waals surface area contributed by atoms with Crippen LogP contribution in [0.15, 0.2) is 35.9 Å². The second-order valence-corrected chi connectivity index (χ2v) is 17.6. The maximum atomic E-state index is 6.64. The van der Waals surface area contributed by atoms with Crippen molar-refractivity contribution in [3.8, 4) is 11.1 Å². The predicted molar refractivity (Wildman–Crippen MR) is 117 cm³/mol. The van der Waals surface area contributed by atoms with E-state index < -0.39 is 19.4 Å². The predicted octanol–water partition coefficient (Wildman–Crippen LogP) is 8.43. The third kappa shape index (κ3) is 4.31. The van der Waals surface area contributed by atoms with E-state index in [9.17, 15) is 0 Å². The summed E-state index contributed by atoms with van der Waals surface area (Å²) in [5, 5.41) is 0. The summed E-state index contributed by atoms with van der Waals surface area (Å²) in [4.78, 5) is 0. The van der Waals surface area contributed by atoms with Crippen LogP contribution in [0.1, 0.15) is 72.0 Å². The van der Waals surface area contributed by atoms with Gasteiger partial charge in [-0.2, -0.15) is 0 Å². The Balaban J connectivity index is 2.34. The summed E-state index contributed by atoms with van der Waals surface area (Å²) < 4.78 is 0.296. The molecule has 0 spiro atoms. The van der Waals surface area contributed by atoms with Crippen molar-refractivity contribution in [2.45, 2.75) is 63.4 Å². The van der Waals surface area contributed by atoms with E-state index in [1.165, 1.54) is 44.5 Å². The minimum absolute atomic E-state index is 0.0718. The fourth-order valence-corrected chi connectivity index (χ4v) is 9.82. The molecule has 143 valence electrons. The van der Waals surface area contributed by atoms with Gasteiger partial charge in [-0.25, -0.2) is 0 Å². The van der Waals surface area contributed by atoms with Gasteiger partial charge in [0.05, 0.1) is 0 Å². The number of aryl methyl sites for hydroxylation is 2. The molecular formula is C24H29Cl2Zr. The van der Waals surface area contributed by atoms with Crippen LogP contribution in [0.2, 0.25) is 0 Å². The Hall–Kier alpha value is -0.357. The second-order valence-electron chi connectivity index (χ2n) is 8.81. The standard InChI is InChI=1S/C24H29.2ClH.Zr/c1-7-8-18-14-19-9-10-22(24(4,5)6)23(21(19)15-18)20-12-16(2)11-17(3)13-20;;;/h9-15H,7-8H2,1-6H3;2*1H;/q;;;+2/p-2. The molecular weight excluding hydrogens is 450 g/mol. The zero-order chi connectivity index (χ0) is 19.9. The van der Waals surface area contributed by atoms with E-state index in [2.05, 4.69) is 78.0 Å². The van der Waals surface area contributed by atoms with Crippen LogP contribution in [-0.4, -0.2) is 0 Å².